The van der Waals surface area contributed by atoms with Crippen molar-refractivity contribution in [2.45, 2.75) is 31.7 Å². The molecule has 2 saturated heterocycles. The Morgan fingerprint density at radius 2 is 2.36 bits per heavy atom. The molecule has 0 bridgehead atoms. The molecule has 0 aliphatic carbocycles. The van der Waals surface area contributed by atoms with E-state index >= 15 is 0 Å². The Labute approximate surface area is 134 Å². The van der Waals surface area contributed by atoms with Gasteiger partial charge in [0.1, 0.15) is 0 Å². The van der Waals surface area contributed by atoms with Crippen LogP contribution < -0.4 is 5.32 Å². The van der Waals surface area contributed by atoms with Gasteiger partial charge in [0.25, 0.3) is 0 Å². The van der Waals surface area contributed by atoms with Crippen LogP contribution in [0.5, 0.6) is 0 Å². The fourth-order valence-corrected chi connectivity index (χ4v) is 4.68. The first-order chi connectivity index (χ1) is 10.8. The number of amides is 1. The smallest absolute Gasteiger partial charge is 0.226 e. The minimum Gasteiger partial charge on any atom is -0.337 e. The van der Waals surface area contributed by atoms with Crippen LogP contribution in [-0.4, -0.2) is 41.5 Å². The van der Waals surface area contributed by atoms with E-state index in [4.69, 9.17) is 0 Å². The lowest BCUT2D eigenvalue weighted by Gasteiger charge is -2.30. The molecule has 116 valence electrons. The van der Waals surface area contributed by atoms with Gasteiger partial charge in [0, 0.05) is 31.6 Å². The number of hydrogen-bond acceptors (Lipinski definition) is 4. The number of nitrogens with one attached hydrogen (secondary N) is 1. The van der Waals surface area contributed by atoms with Gasteiger partial charge in [-0.15, -0.1) is 11.3 Å². The van der Waals surface area contributed by atoms with Gasteiger partial charge in [0.2, 0.25) is 5.91 Å². The van der Waals surface area contributed by atoms with Gasteiger partial charge in [0.05, 0.1) is 15.7 Å². The lowest BCUT2D eigenvalue weighted by molar-refractivity contribution is -0.132. The third-order valence-corrected chi connectivity index (χ3v) is 5.89. The number of piperazine rings is 1. The predicted octanol–water partition coefficient (Wildman–Crippen LogP) is 2.44. The molecule has 1 aromatic heterocycles. The van der Waals surface area contributed by atoms with Crippen molar-refractivity contribution >= 4 is 27.5 Å². The molecule has 1 aromatic carbocycles. The summed E-state index contributed by atoms with van der Waals surface area (Å²) in [5.41, 5.74) is 4.40. The summed E-state index contributed by atoms with van der Waals surface area (Å²) >= 11 is 1.72. The number of nitrogens with zero attached hydrogens (tertiary/aromatic N) is 2. The summed E-state index contributed by atoms with van der Waals surface area (Å²) in [6.45, 7) is 2.81. The standard InChI is InChI=1S/C17H21N3OS/c21-17-13(9-14-10-18-7-8-20(14)17)5-1-3-12-4-2-6-15-16(12)22-11-19-15/h2,4,6,11,13-14,18H,1,3,5,7-10H2/t13-,14-/m0/s1. The topological polar surface area (TPSA) is 45.2 Å². The van der Waals surface area contributed by atoms with Crippen LogP contribution in [0.25, 0.3) is 10.2 Å². The van der Waals surface area contributed by atoms with Gasteiger partial charge in [-0.05, 0) is 37.3 Å². The van der Waals surface area contributed by atoms with E-state index in [0.29, 0.717) is 11.9 Å². The van der Waals surface area contributed by atoms with Crippen molar-refractivity contribution in [2.24, 2.45) is 5.92 Å². The highest BCUT2D eigenvalue weighted by Crippen LogP contribution is 2.30. The summed E-state index contributed by atoms with van der Waals surface area (Å²) < 4.78 is 1.31. The van der Waals surface area contributed by atoms with Crippen LogP contribution in [0, 0.1) is 5.92 Å². The number of aromatic nitrogens is 1. The molecule has 2 aromatic rings. The second kappa shape index (κ2) is 5.97. The van der Waals surface area contributed by atoms with E-state index in [2.05, 4.69) is 33.4 Å². The average Bonchev–Trinajstić information content (AvgIpc) is 3.14. The number of carbonyl (C=O) groups excluding carboxylic acids is 1. The van der Waals surface area contributed by atoms with Gasteiger partial charge < -0.3 is 10.2 Å². The Kier molecular flexibility index (Phi) is 3.84. The van der Waals surface area contributed by atoms with Crippen LogP contribution in [0.15, 0.2) is 23.7 Å². The first-order valence-electron chi connectivity index (χ1n) is 8.15. The zero-order chi connectivity index (χ0) is 14.9. The zero-order valence-corrected chi connectivity index (χ0v) is 13.4. The summed E-state index contributed by atoms with van der Waals surface area (Å²) in [7, 11) is 0. The fourth-order valence-electron chi connectivity index (χ4n) is 3.85. The molecule has 5 heteroatoms. The average molecular weight is 315 g/mol. The molecule has 3 heterocycles. The van der Waals surface area contributed by atoms with Gasteiger partial charge in [0.15, 0.2) is 0 Å². The highest BCUT2D eigenvalue weighted by Gasteiger charge is 2.39. The molecule has 2 aliphatic rings. The normalized spacial score (nSPS) is 24.9. The number of benzene rings is 1. The molecule has 2 aliphatic heterocycles. The number of fused-ring (bicyclic) bond motifs is 2. The van der Waals surface area contributed by atoms with Crippen LogP contribution in [0.2, 0.25) is 0 Å². The predicted molar refractivity (Wildman–Crippen MR) is 89.0 cm³/mol. The quantitative estimate of drug-likeness (QED) is 0.942. The molecule has 4 rings (SSSR count). The zero-order valence-electron chi connectivity index (χ0n) is 12.6. The third-order valence-electron chi connectivity index (χ3n) is 4.98. The molecule has 1 N–H and O–H groups in total. The SMILES string of the molecule is O=C1[C@@H](CCCc2cccc3ncsc23)C[C@H]2CNCCN12. The molecule has 2 atom stereocenters. The van der Waals surface area contributed by atoms with E-state index < -0.39 is 0 Å². The Balaban J connectivity index is 1.37. The van der Waals surface area contributed by atoms with Crippen molar-refractivity contribution in [1.82, 2.24) is 15.2 Å². The number of thiazole rings is 1. The number of carbonyl (C=O) groups is 1. The van der Waals surface area contributed by atoms with Crippen LogP contribution in [0.1, 0.15) is 24.8 Å². The van der Waals surface area contributed by atoms with Crippen LogP contribution in [0.3, 0.4) is 0 Å². The first kappa shape index (κ1) is 14.2. The second-order valence-electron chi connectivity index (χ2n) is 6.33. The maximum Gasteiger partial charge on any atom is 0.226 e. The highest BCUT2D eigenvalue weighted by molar-refractivity contribution is 7.16. The number of aryl methyl sites for hydroxylation is 1. The summed E-state index contributed by atoms with van der Waals surface area (Å²) in [6.07, 6.45) is 4.19. The van der Waals surface area contributed by atoms with Crippen LogP contribution in [0.4, 0.5) is 0 Å². The van der Waals surface area contributed by atoms with E-state index in [9.17, 15) is 4.79 Å². The molecule has 2 fully saturated rings. The molecule has 0 radical (unpaired) electrons. The minimum atomic E-state index is 0.241. The Morgan fingerprint density at radius 1 is 1.41 bits per heavy atom. The summed E-state index contributed by atoms with van der Waals surface area (Å²) in [5.74, 6) is 0.632. The number of hydrogen-bond donors (Lipinski definition) is 1. The lowest BCUT2D eigenvalue weighted by Crippen LogP contribution is -2.49. The lowest BCUT2D eigenvalue weighted by atomic mass is 9.96. The Hall–Kier alpha value is -1.46. The summed E-state index contributed by atoms with van der Waals surface area (Å²) in [6, 6.07) is 6.80. The summed E-state index contributed by atoms with van der Waals surface area (Å²) in [5, 5.41) is 3.40. The van der Waals surface area contributed by atoms with E-state index in [1.807, 2.05) is 5.51 Å². The van der Waals surface area contributed by atoms with Crippen molar-refractivity contribution < 1.29 is 4.79 Å². The van der Waals surface area contributed by atoms with Gasteiger partial charge >= 0.3 is 0 Å². The van der Waals surface area contributed by atoms with E-state index in [1.165, 1.54) is 10.3 Å². The Bertz CT molecular complexity index is 683. The molecule has 22 heavy (non-hydrogen) atoms. The first-order valence-corrected chi connectivity index (χ1v) is 9.03. The molecule has 4 nitrogen and oxygen atoms in total. The monoisotopic (exact) mass is 315 g/mol. The van der Waals surface area contributed by atoms with Gasteiger partial charge in [-0.3, -0.25) is 4.79 Å². The Morgan fingerprint density at radius 3 is 3.27 bits per heavy atom. The largest absolute Gasteiger partial charge is 0.337 e. The van der Waals surface area contributed by atoms with Gasteiger partial charge in [-0.2, -0.15) is 0 Å². The van der Waals surface area contributed by atoms with Crippen molar-refractivity contribution in [3.8, 4) is 0 Å². The van der Waals surface area contributed by atoms with E-state index in [0.717, 1.165) is 50.8 Å². The van der Waals surface area contributed by atoms with Crippen molar-refractivity contribution in [3.05, 3.63) is 29.3 Å². The molecule has 0 unspecified atom stereocenters. The van der Waals surface area contributed by atoms with Crippen molar-refractivity contribution in [1.29, 1.82) is 0 Å². The molecule has 1 amide bonds. The van der Waals surface area contributed by atoms with Crippen LogP contribution in [-0.2, 0) is 11.2 Å². The van der Waals surface area contributed by atoms with Crippen molar-refractivity contribution in [3.63, 3.8) is 0 Å². The fraction of sp³-hybridized carbons (Fsp3) is 0.529. The van der Waals surface area contributed by atoms with E-state index in [1.54, 1.807) is 11.3 Å². The van der Waals surface area contributed by atoms with E-state index in [-0.39, 0.29) is 5.92 Å². The van der Waals surface area contributed by atoms with Crippen molar-refractivity contribution in [2.75, 3.05) is 19.6 Å². The maximum atomic E-state index is 12.4. The third kappa shape index (κ3) is 2.52. The molecule has 0 spiro atoms. The van der Waals surface area contributed by atoms with Crippen LogP contribution >= 0.6 is 11.3 Å². The highest BCUT2D eigenvalue weighted by atomic mass is 32.1. The molecular weight excluding hydrogens is 294 g/mol. The second-order valence-corrected chi connectivity index (χ2v) is 7.19. The van der Waals surface area contributed by atoms with Gasteiger partial charge in [-0.25, -0.2) is 4.98 Å². The minimum absolute atomic E-state index is 0.241. The summed E-state index contributed by atoms with van der Waals surface area (Å²) in [4.78, 5) is 18.9. The molecule has 0 saturated carbocycles. The van der Waals surface area contributed by atoms with Gasteiger partial charge in [-0.1, -0.05) is 12.1 Å². The molecular formula is C17H21N3OS. The number of rotatable bonds is 4. The maximum absolute atomic E-state index is 12.4.